The molecule has 8 heteroatoms. The molecule has 0 aromatic heterocycles. The first kappa shape index (κ1) is 19.8. The van der Waals surface area contributed by atoms with E-state index in [0.717, 1.165) is 30.5 Å². The second kappa shape index (κ2) is 7.59. The number of rotatable bonds is 5. The third kappa shape index (κ3) is 3.87. The average molecular weight is 394 g/mol. The molecular weight excluding hydrogens is 368 g/mol. The molecule has 27 heavy (non-hydrogen) atoms. The maximum atomic E-state index is 13.0. The van der Waals surface area contributed by atoms with E-state index in [9.17, 15) is 18.0 Å². The molecule has 0 atom stereocenters. The van der Waals surface area contributed by atoms with E-state index in [2.05, 4.69) is 4.72 Å². The number of aryl methyl sites for hydroxylation is 1. The highest BCUT2D eigenvalue weighted by Crippen LogP contribution is 2.34. The Hall–Kier alpha value is -1.93. The van der Waals surface area contributed by atoms with Crippen LogP contribution in [-0.4, -0.2) is 39.0 Å². The Kier molecular flexibility index (Phi) is 5.58. The topological polar surface area (TPSA) is 92.8 Å². The minimum Gasteiger partial charge on any atom is -0.465 e. The van der Waals surface area contributed by atoms with E-state index in [1.165, 1.54) is 13.0 Å². The zero-order chi connectivity index (χ0) is 19.7. The number of fused-ring (bicyclic) bond motifs is 1. The number of carbonyl (C=O) groups is 2. The van der Waals surface area contributed by atoms with Gasteiger partial charge in [-0.3, -0.25) is 9.59 Å². The van der Waals surface area contributed by atoms with Crippen LogP contribution < -0.4 is 9.62 Å². The van der Waals surface area contributed by atoms with E-state index >= 15 is 0 Å². The van der Waals surface area contributed by atoms with Gasteiger partial charge in [0, 0.05) is 19.2 Å². The van der Waals surface area contributed by atoms with E-state index in [0.29, 0.717) is 25.8 Å². The third-order valence-corrected chi connectivity index (χ3v) is 6.85. The van der Waals surface area contributed by atoms with Gasteiger partial charge in [0.15, 0.2) is 0 Å². The van der Waals surface area contributed by atoms with E-state index in [1.54, 1.807) is 24.0 Å². The van der Waals surface area contributed by atoms with E-state index < -0.39 is 21.5 Å². The fourth-order valence-electron chi connectivity index (χ4n) is 3.98. The number of hydrogen-bond donors (Lipinski definition) is 1. The summed E-state index contributed by atoms with van der Waals surface area (Å²) in [5.41, 5.74) is 0.403. The maximum absolute atomic E-state index is 13.0. The van der Waals surface area contributed by atoms with Crippen LogP contribution in [0.3, 0.4) is 0 Å². The number of benzene rings is 1. The Bertz CT molecular complexity index is 844. The van der Waals surface area contributed by atoms with Crippen molar-refractivity contribution in [2.75, 3.05) is 18.1 Å². The Morgan fingerprint density at radius 3 is 2.56 bits per heavy atom. The van der Waals surface area contributed by atoms with Gasteiger partial charge in [-0.25, -0.2) is 8.42 Å². The zero-order valence-electron chi connectivity index (χ0n) is 15.8. The van der Waals surface area contributed by atoms with E-state index in [-0.39, 0.29) is 17.4 Å². The van der Waals surface area contributed by atoms with Crippen molar-refractivity contribution in [1.82, 2.24) is 4.72 Å². The predicted octanol–water partition coefficient (Wildman–Crippen LogP) is 2.14. The molecule has 1 fully saturated rings. The van der Waals surface area contributed by atoms with Crippen molar-refractivity contribution in [2.45, 2.75) is 62.8 Å². The van der Waals surface area contributed by atoms with Crippen molar-refractivity contribution in [2.24, 2.45) is 0 Å². The summed E-state index contributed by atoms with van der Waals surface area (Å²) in [6.07, 6.45) is 3.93. The molecule has 2 aliphatic rings. The molecule has 148 valence electrons. The molecule has 1 aromatic rings. The highest BCUT2D eigenvalue weighted by molar-refractivity contribution is 7.89. The number of sulfonamides is 1. The lowest BCUT2D eigenvalue weighted by atomic mass is 10.00. The summed E-state index contributed by atoms with van der Waals surface area (Å²) in [7, 11) is -3.89. The van der Waals surface area contributed by atoms with Gasteiger partial charge in [0.05, 0.1) is 11.5 Å². The van der Waals surface area contributed by atoms with Crippen LogP contribution in [-0.2, 0) is 30.8 Å². The van der Waals surface area contributed by atoms with Crippen molar-refractivity contribution in [3.63, 3.8) is 0 Å². The summed E-state index contributed by atoms with van der Waals surface area (Å²) in [6.45, 7) is 4.06. The lowest BCUT2D eigenvalue weighted by Crippen LogP contribution is -2.53. The van der Waals surface area contributed by atoms with Gasteiger partial charge in [0.1, 0.15) is 5.54 Å². The van der Waals surface area contributed by atoms with Gasteiger partial charge >= 0.3 is 5.97 Å². The minimum absolute atomic E-state index is 0.0584. The van der Waals surface area contributed by atoms with Gasteiger partial charge in [-0.15, -0.1) is 0 Å². The Labute approximate surface area is 160 Å². The molecule has 1 aromatic carbocycles. The summed E-state index contributed by atoms with van der Waals surface area (Å²) in [6, 6.07) is 4.78. The first-order chi connectivity index (χ1) is 12.8. The van der Waals surface area contributed by atoms with Crippen molar-refractivity contribution in [3.8, 4) is 0 Å². The lowest BCUT2D eigenvalue weighted by molar-refractivity contribution is -0.150. The number of amides is 1. The lowest BCUT2D eigenvalue weighted by Gasteiger charge is -2.30. The van der Waals surface area contributed by atoms with Crippen molar-refractivity contribution < 1.29 is 22.7 Å². The summed E-state index contributed by atoms with van der Waals surface area (Å²) in [4.78, 5) is 26.0. The van der Waals surface area contributed by atoms with Crippen LogP contribution in [0, 0.1) is 0 Å². The molecule has 0 spiro atoms. The molecule has 1 saturated carbocycles. The Morgan fingerprint density at radius 2 is 1.93 bits per heavy atom. The number of ether oxygens (including phenoxy) is 1. The summed E-state index contributed by atoms with van der Waals surface area (Å²) in [5.74, 6) is -0.566. The molecule has 1 N–H and O–H groups in total. The number of nitrogens with one attached hydrogen (secondary N) is 1. The van der Waals surface area contributed by atoms with Crippen LogP contribution in [0.5, 0.6) is 0 Å². The fraction of sp³-hybridized carbons (Fsp3) is 0.579. The first-order valence-corrected chi connectivity index (χ1v) is 10.9. The van der Waals surface area contributed by atoms with Gasteiger partial charge < -0.3 is 9.64 Å². The van der Waals surface area contributed by atoms with Gasteiger partial charge in [0.2, 0.25) is 15.9 Å². The van der Waals surface area contributed by atoms with Crippen LogP contribution >= 0.6 is 0 Å². The van der Waals surface area contributed by atoms with Crippen molar-refractivity contribution in [1.29, 1.82) is 0 Å². The average Bonchev–Trinajstić information content (AvgIpc) is 3.10. The Morgan fingerprint density at radius 1 is 1.22 bits per heavy atom. The standard InChI is InChI=1S/C19H26N2O5S/c1-3-26-18(23)19(10-4-5-11-19)20-27(24,25)16-8-9-17-15(13-16)7-6-12-21(17)14(2)22/h8-9,13,20H,3-7,10-12H2,1-2H3. The normalized spacial score (nSPS) is 18.8. The van der Waals surface area contributed by atoms with Crippen molar-refractivity contribution in [3.05, 3.63) is 23.8 Å². The number of hydrogen-bond acceptors (Lipinski definition) is 5. The largest absolute Gasteiger partial charge is 0.465 e. The molecule has 7 nitrogen and oxygen atoms in total. The molecule has 1 amide bonds. The maximum Gasteiger partial charge on any atom is 0.327 e. The second-order valence-electron chi connectivity index (χ2n) is 7.18. The van der Waals surface area contributed by atoms with Crippen LogP contribution in [0.4, 0.5) is 5.69 Å². The smallest absolute Gasteiger partial charge is 0.327 e. The number of esters is 1. The van der Waals surface area contributed by atoms with Gasteiger partial charge in [-0.05, 0) is 56.4 Å². The van der Waals surface area contributed by atoms with E-state index in [4.69, 9.17) is 4.74 Å². The van der Waals surface area contributed by atoms with E-state index in [1.807, 2.05) is 0 Å². The van der Waals surface area contributed by atoms with Crippen LogP contribution in [0.15, 0.2) is 23.1 Å². The highest BCUT2D eigenvalue weighted by Gasteiger charge is 2.46. The van der Waals surface area contributed by atoms with Crippen LogP contribution in [0.25, 0.3) is 0 Å². The molecule has 0 bridgehead atoms. The van der Waals surface area contributed by atoms with Gasteiger partial charge in [-0.2, -0.15) is 4.72 Å². The number of anilines is 1. The summed E-state index contributed by atoms with van der Waals surface area (Å²) in [5, 5.41) is 0. The third-order valence-electron chi connectivity index (χ3n) is 5.31. The quantitative estimate of drug-likeness (QED) is 0.773. The molecule has 1 aliphatic heterocycles. The summed E-state index contributed by atoms with van der Waals surface area (Å²) < 4.78 is 33.8. The van der Waals surface area contributed by atoms with Crippen LogP contribution in [0.1, 0.15) is 51.5 Å². The monoisotopic (exact) mass is 394 g/mol. The fourth-order valence-corrected chi connectivity index (χ4v) is 5.44. The van der Waals surface area contributed by atoms with Gasteiger partial charge in [0.25, 0.3) is 0 Å². The first-order valence-electron chi connectivity index (χ1n) is 9.41. The molecule has 0 unspecified atom stereocenters. The zero-order valence-corrected chi connectivity index (χ0v) is 16.6. The van der Waals surface area contributed by atoms with Crippen LogP contribution in [0.2, 0.25) is 0 Å². The predicted molar refractivity (Wildman–Crippen MR) is 101 cm³/mol. The highest BCUT2D eigenvalue weighted by atomic mass is 32.2. The van der Waals surface area contributed by atoms with Crippen molar-refractivity contribution >= 4 is 27.6 Å². The molecule has 3 rings (SSSR count). The second-order valence-corrected chi connectivity index (χ2v) is 8.86. The molecular formula is C19H26N2O5S. The number of carbonyl (C=O) groups excluding carboxylic acids is 2. The Balaban J connectivity index is 1.91. The molecule has 1 aliphatic carbocycles. The summed E-state index contributed by atoms with van der Waals surface area (Å²) >= 11 is 0. The SMILES string of the molecule is CCOC(=O)C1(NS(=O)(=O)c2ccc3c(c2)CCCN3C(C)=O)CCCC1. The van der Waals surface area contributed by atoms with Gasteiger partial charge in [-0.1, -0.05) is 12.8 Å². The minimum atomic E-state index is -3.89. The number of nitrogens with zero attached hydrogens (tertiary/aromatic N) is 1. The molecule has 1 heterocycles. The molecule has 0 radical (unpaired) electrons. The molecule has 0 saturated heterocycles.